The number of unbranched alkanes of at least 4 members (excludes halogenated alkanes) is 1. The molecule has 0 aliphatic carbocycles. The molecule has 86 valence electrons. The van der Waals surface area contributed by atoms with E-state index in [2.05, 4.69) is 37.5 Å². The van der Waals surface area contributed by atoms with Gasteiger partial charge in [0.2, 0.25) is 0 Å². The second kappa shape index (κ2) is 5.31. The van der Waals surface area contributed by atoms with Gasteiger partial charge in [-0.2, -0.15) is 5.10 Å². The quantitative estimate of drug-likeness (QED) is 0.757. The van der Waals surface area contributed by atoms with Crippen molar-refractivity contribution in [3.8, 4) is 0 Å². The summed E-state index contributed by atoms with van der Waals surface area (Å²) in [4.78, 5) is 0. The minimum absolute atomic E-state index is 0.451. The Hall–Kier alpha value is -0.830. The average molecular weight is 209 g/mol. The van der Waals surface area contributed by atoms with Crippen molar-refractivity contribution in [2.75, 3.05) is 6.54 Å². The molecule has 0 aliphatic heterocycles. The molecule has 0 amide bonds. The van der Waals surface area contributed by atoms with E-state index in [1.807, 2.05) is 0 Å². The monoisotopic (exact) mass is 209 g/mol. The Morgan fingerprint density at radius 2 is 1.93 bits per heavy atom. The van der Waals surface area contributed by atoms with Crippen molar-refractivity contribution in [3.63, 3.8) is 0 Å². The standard InChI is InChI=1S/C12H23N3/c1-9(2)15-11(4)12(10(3)14-15)7-5-6-8-13/h9H,5-8,13H2,1-4H3. The summed E-state index contributed by atoms with van der Waals surface area (Å²) in [5.74, 6) is 0. The zero-order valence-electron chi connectivity index (χ0n) is 10.4. The van der Waals surface area contributed by atoms with Crippen LogP contribution in [0, 0.1) is 13.8 Å². The first-order valence-corrected chi connectivity index (χ1v) is 5.82. The van der Waals surface area contributed by atoms with Crippen molar-refractivity contribution in [2.45, 2.75) is 53.0 Å². The molecule has 2 N–H and O–H groups in total. The summed E-state index contributed by atoms with van der Waals surface area (Å²) in [7, 11) is 0. The van der Waals surface area contributed by atoms with Gasteiger partial charge in [-0.15, -0.1) is 0 Å². The highest BCUT2D eigenvalue weighted by molar-refractivity contribution is 5.24. The number of hydrogen-bond donors (Lipinski definition) is 1. The Morgan fingerprint density at radius 3 is 2.40 bits per heavy atom. The molecule has 0 radical (unpaired) electrons. The number of hydrogen-bond acceptors (Lipinski definition) is 2. The fraction of sp³-hybridized carbons (Fsp3) is 0.750. The molecular formula is C12H23N3. The van der Waals surface area contributed by atoms with Crippen molar-refractivity contribution in [2.24, 2.45) is 5.73 Å². The summed E-state index contributed by atoms with van der Waals surface area (Å²) >= 11 is 0. The molecule has 15 heavy (non-hydrogen) atoms. The van der Waals surface area contributed by atoms with Crippen LogP contribution in [0.2, 0.25) is 0 Å². The summed E-state index contributed by atoms with van der Waals surface area (Å²) < 4.78 is 2.12. The van der Waals surface area contributed by atoms with Crippen LogP contribution in [0.3, 0.4) is 0 Å². The first-order chi connectivity index (χ1) is 7.07. The Labute approximate surface area is 92.7 Å². The number of aryl methyl sites for hydroxylation is 1. The molecule has 0 bridgehead atoms. The van der Waals surface area contributed by atoms with E-state index in [-0.39, 0.29) is 0 Å². The van der Waals surface area contributed by atoms with E-state index in [4.69, 9.17) is 5.73 Å². The van der Waals surface area contributed by atoms with Gasteiger partial charge in [-0.1, -0.05) is 0 Å². The molecule has 3 nitrogen and oxygen atoms in total. The van der Waals surface area contributed by atoms with Crippen LogP contribution < -0.4 is 5.73 Å². The number of nitrogens with two attached hydrogens (primary N) is 1. The van der Waals surface area contributed by atoms with E-state index in [1.165, 1.54) is 23.4 Å². The second-order valence-electron chi connectivity index (χ2n) is 4.43. The molecular weight excluding hydrogens is 186 g/mol. The summed E-state index contributed by atoms with van der Waals surface area (Å²) in [6.07, 6.45) is 3.38. The topological polar surface area (TPSA) is 43.8 Å². The predicted octanol–water partition coefficient (Wildman–Crippen LogP) is 2.36. The Morgan fingerprint density at radius 1 is 1.27 bits per heavy atom. The highest BCUT2D eigenvalue weighted by atomic mass is 15.3. The van der Waals surface area contributed by atoms with Gasteiger partial charge in [0.1, 0.15) is 0 Å². The first kappa shape index (κ1) is 12.2. The lowest BCUT2D eigenvalue weighted by molar-refractivity contribution is 0.515. The smallest absolute Gasteiger partial charge is 0.0628 e. The molecule has 0 aromatic carbocycles. The van der Waals surface area contributed by atoms with E-state index in [0.717, 1.165) is 19.4 Å². The minimum atomic E-state index is 0.451. The van der Waals surface area contributed by atoms with Gasteiger partial charge in [-0.25, -0.2) is 0 Å². The molecule has 1 heterocycles. The third-order valence-corrected chi connectivity index (χ3v) is 2.84. The molecule has 0 aliphatic rings. The predicted molar refractivity (Wildman–Crippen MR) is 64.1 cm³/mol. The van der Waals surface area contributed by atoms with Crippen LogP contribution in [0.4, 0.5) is 0 Å². The van der Waals surface area contributed by atoms with Crippen molar-refractivity contribution >= 4 is 0 Å². The molecule has 3 heteroatoms. The van der Waals surface area contributed by atoms with Gasteiger partial charge >= 0.3 is 0 Å². The van der Waals surface area contributed by atoms with Crippen LogP contribution in [-0.4, -0.2) is 16.3 Å². The van der Waals surface area contributed by atoms with Gasteiger partial charge in [0, 0.05) is 11.7 Å². The number of nitrogens with zero attached hydrogens (tertiary/aromatic N) is 2. The number of aromatic nitrogens is 2. The molecule has 1 aromatic heterocycles. The van der Waals surface area contributed by atoms with Crippen molar-refractivity contribution in [1.82, 2.24) is 9.78 Å². The van der Waals surface area contributed by atoms with Crippen LogP contribution >= 0.6 is 0 Å². The number of rotatable bonds is 5. The van der Waals surface area contributed by atoms with Crippen molar-refractivity contribution < 1.29 is 0 Å². The lowest BCUT2D eigenvalue weighted by Gasteiger charge is -2.08. The third kappa shape index (κ3) is 2.81. The van der Waals surface area contributed by atoms with Crippen molar-refractivity contribution in [1.29, 1.82) is 0 Å². The maximum absolute atomic E-state index is 5.50. The van der Waals surface area contributed by atoms with Gasteiger partial charge in [0.25, 0.3) is 0 Å². The molecule has 0 fully saturated rings. The van der Waals surface area contributed by atoms with Crippen molar-refractivity contribution in [3.05, 3.63) is 17.0 Å². The normalized spacial score (nSPS) is 11.3. The minimum Gasteiger partial charge on any atom is -0.330 e. The van der Waals surface area contributed by atoms with E-state index in [0.29, 0.717) is 6.04 Å². The highest BCUT2D eigenvalue weighted by Gasteiger charge is 2.12. The third-order valence-electron chi connectivity index (χ3n) is 2.84. The van der Waals surface area contributed by atoms with E-state index < -0.39 is 0 Å². The largest absolute Gasteiger partial charge is 0.330 e. The molecule has 1 rings (SSSR count). The first-order valence-electron chi connectivity index (χ1n) is 5.82. The lowest BCUT2D eigenvalue weighted by atomic mass is 10.1. The lowest BCUT2D eigenvalue weighted by Crippen LogP contribution is -2.05. The summed E-state index contributed by atoms with van der Waals surface area (Å²) in [5.41, 5.74) is 9.41. The zero-order valence-corrected chi connectivity index (χ0v) is 10.4. The Bertz CT molecular complexity index is 313. The summed E-state index contributed by atoms with van der Waals surface area (Å²) in [5, 5.41) is 4.57. The van der Waals surface area contributed by atoms with Crippen LogP contribution in [0.25, 0.3) is 0 Å². The molecule has 0 spiro atoms. The molecule has 0 atom stereocenters. The highest BCUT2D eigenvalue weighted by Crippen LogP contribution is 2.18. The molecule has 0 saturated heterocycles. The van der Waals surface area contributed by atoms with E-state index >= 15 is 0 Å². The summed E-state index contributed by atoms with van der Waals surface area (Å²) in [6, 6.07) is 0.451. The molecule has 1 aromatic rings. The van der Waals surface area contributed by atoms with Crippen LogP contribution in [-0.2, 0) is 6.42 Å². The van der Waals surface area contributed by atoms with Gasteiger partial charge in [-0.3, -0.25) is 4.68 Å². The Kier molecular flexibility index (Phi) is 4.33. The van der Waals surface area contributed by atoms with Gasteiger partial charge in [0.15, 0.2) is 0 Å². The Balaban J connectivity index is 2.79. The van der Waals surface area contributed by atoms with Crippen LogP contribution in [0.5, 0.6) is 0 Å². The SMILES string of the molecule is Cc1nn(C(C)C)c(C)c1CCCCN. The maximum atomic E-state index is 5.50. The van der Waals surface area contributed by atoms with Crippen LogP contribution in [0.15, 0.2) is 0 Å². The maximum Gasteiger partial charge on any atom is 0.0628 e. The van der Waals surface area contributed by atoms with E-state index in [9.17, 15) is 0 Å². The van der Waals surface area contributed by atoms with Gasteiger partial charge in [0.05, 0.1) is 5.69 Å². The second-order valence-corrected chi connectivity index (χ2v) is 4.43. The van der Waals surface area contributed by atoms with Gasteiger partial charge < -0.3 is 5.73 Å². The fourth-order valence-corrected chi connectivity index (χ4v) is 2.01. The van der Waals surface area contributed by atoms with Crippen LogP contribution in [0.1, 0.15) is 49.7 Å². The van der Waals surface area contributed by atoms with Gasteiger partial charge in [-0.05, 0) is 59.1 Å². The molecule has 0 saturated carbocycles. The van der Waals surface area contributed by atoms with E-state index in [1.54, 1.807) is 0 Å². The average Bonchev–Trinajstić information content (AvgIpc) is 2.45. The summed E-state index contributed by atoms with van der Waals surface area (Å²) in [6.45, 7) is 9.39. The molecule has 0 unspecified atom stereocenters. The fourth-order valence-electron chi connectivity index (χ4n) is 2.01. The zero-order chi connectivity index (χ0) is 11.4.